The highest BCUT2D eigenvalue weighted by molar-refractivity contribution is 7.87. The fourth-order valence-electron chi connectivity index (χ4n) is 1.60. The van der Waals surface area contributed by atoms with Gasteiger partial charge in [-0.15, -0.1) is 0 Å². The van der Waals surface area contributed by atoms with Crippen molar-refractivity contribution in [3.8, 4) is 0 Å². The van der Waals surface area contributed by atoms with E-state index in [1.54, 1.807) is 0 Å². The van der Waals surface area contributed by atoms with E-state index in [4.69, 9.17) is 4.55 Å². The van der Waals surface area contributed by atoms with Crippen molar-refractivity contribution < 1.29 is 70.0 Å². The fraction of sp³-hybridized carbons (Fsp3) is 1.00. The summed E-state index contributed by atoms with van der Waals surface area (Å²) < 4.78 is 194. The van der Waals surface area contributed by atoms with Crippen LogP contribution >= 0.6 is 0 Å². The molecule has 0 spiro atoms. The van der Waals surface area contributed by atoms with Crippen LogP contribution in [0.5, 0.6) is 0 Å². The van der Waals surface area contributed by atoms with Crippen molar-refractivity contribution in [3.05, 3.63) is 0 Å². The lowest BCUT2D eigenvalue weighted by Crippen LogP contribution is -2.68. The van der Waals surface area contributed by atoms with Crippen molar-refractivity contribution in [2.45, 2.75) is 60.8 Å². The molecule has 0 saturated carbocycles. The average Bonchev–Trinajstić information content (AvgIpc) is 2.40. The van der Waals surface area contributed by atoms with E-state index in [2.05, 4.69) is 0 Å². The molecule has 0 heterocycles. The van der Waals surface area contributed by atoms with E-state index in [0.29, 0.717) is 0 Å². The molecule has 0 aliphatic rings. The van der Waals surface area contributed by atoms with Crippen LogP contribution < -0.4 is 6.15 Å². The third-order valence-corrected chi connectivity index (χ3v) is 4.04. The Bertz CT molecular complexity index is 629. The highest BCUT2D eigenvalue weighted by atomic mass is 32.2. The largest absolute Gasteiger partial charge is 0.438 e. The summed E-state index contributed by atoms with van der Waals surface area (Å²) in [6.07, 6.45) is -12.1. The van der Waals surface area contributed by atoms with Crippen LogP contribution in [0, 0.1) is 0 Å². The predicted molar refractivity (Wildman–Crippen MR) is 65.8 cm³/mol. The highest BCUT2D eigenvalue weighted by Crippen LogP contribution is 2.58. The monoisotopic (exact) mass is 473 g/mol. The smallest absolute Gasteiger partial charge is 0.344 e. The molecule has 0 fully saturated rings. The Morgan fingerprint density at radius 1 is 0.607 bits per heavy atom. The Labute approximate surface area is 148 Å². The van der Waals surface area contributed by atoms with Gasteiger partial charge in [0, 0.05) is 12.8 Å². The molecule has 0 saturated heterocycles. The zero-order valence-corrected chi connectivity index (χ0v) is 13.9. The van der Waals surface area contributed by atoms with Crippen LogP contribution in [-0.2, 0) is 10.1 Å². The first kappa shape index (κ1) is 29.2. The normalized spacial score (nSPS) is 15.4. The number of alkyl halides is 13. The molecule has 0 unspecified atom stereocenters. The SMILES string of the molecule is N.O=S(=O)(O)C(F)(F)C(F)(F)C(F)(F)C(F)(F)C(F)(F)CCCCC(F)(F)F. The molecule has 172 valence electrons. The minimum absolute atomic E-state index is 0. The maximum Gasteiger partial charge on any atom is 0.438 e. The molecule has 0 amide bonds. The van der Waals surface area contributed by atoms with E-state index in [1.807, 2.05) is 0 Å². The van der Waals surface area contributed by atoms with Gasteiger partial charge < -0.3 is 6.15 Å². The van der Waals surface area contributed by atoms with E-state index in [0.717, 1.165) is 0 Å². The Kier molecular flexibility index (Phi) is 8.33. The van der Waals surface area contributed by atoms with Crippen LogP contribution in [0.3, 0.4) is 0 Å². The molecule has 0 aromatic rings. The molecular formula is C10H12F13NO3S. The number of hydrogen-bond acceptors (Lipinski definition) is 3. The molecule has 0 bridgehead atoms. The van der Waals surface area contributed by atoms with E-state index in [-0.39, 0.29) is 6.15 Å². The van der Waals surface area contributed by atoms with E-state index >= 15 is 0 Å². The number of hydrogen-bond donors (Lipinski definition) is 2. The van der Waals surface area contributed by atoms with E-state index in [9.17, 15) is 65.5 Å². The van der Waals surface area contributed by atoms with Gasteiger partial charge in [0.15, 0.2) is 0 Å². The molecule has 4 nitrogen and oxygen atoms in total. The van der Waals surface area contributed by atoms with Gasteiger partial charge in [-0.3, -0.25) is 4.55 Å². The Balaban J connectivity index is 0. The summed E-state index contributed by atoms with van der Waals surface area (Å²) in [5.41, 5.74) is 0. The summed E-state index contributed by atoms with van der Waals surface area (Å²) in [5, 5.41) is -7.29. The first-order valence-corrected chi connectivity index (χ1v) is 7.82. The average molecular weight is 473 g/mol. The number of halogens is 13. The summed E-state index contributed by atoms with van der Waals surface area (Å²) >= 11 is 0. The van der Waals surface area contributed by atoms with Crippen LogP contribution in [0.4, 0.5) is 57.1 Å². The molecule has 0 atom stereocenters. The predicted octanol–water partition coefficient (Wildman–Crippen LogP) is 5.29. The molecule has 0 aromatic heterocycles. The van der Waals surface area contributed by atoms with Crippen LogP contribution in [0.1, 0.15) is 25.7 Å². The zero-order valence-electron chi connectivity index (χ0n) is 13.1. The third-order valence-electron chi connectivity index (χ3n) is 3.14. The van der Waals surface area contributed by atoms with Crippen molar-refractivity contribution >= 4 is 10.1 Å². The van der Waals surface area contributed by atoms with Gasteiger partial charge in [-0.1, -0.05) is 0 Å². The fourth-order valence-corrected chi connectivity index (χ4v) is 2.05. The van der Waals surface area contributed by atoms with Crippen LogP contribution in [0.15, 0.2) is 0 Å². The standard InChI is InChI=1S/C10H9F13O3S.H3N/c11-5(12,3-1-2-4-6(13,14)15)7(16,17)8(18,19)9(20,21)10(22,23)27(24,25)26;/h1-4H2,(H,24,25,26);1H3. The third kappa shape index (κ3) is 5.11. The van der Waals surface area contributed by atoms with Crippen molar-refractivity contribution in [1.29, 1.82) is 0 Å². The van der Waals surface area contributed by atoms with Gasteiger partial charge in [0.2, 0.25) is 0 Å². The lowest BCUT2D eigenvalue weighted by atomic mass is 9.94. The van der Waals surface area contributed by atoms with Crippen molar-refractivity contribution in [2.24, 2.45) is 0 Å². The van der Waals surface area contributed by atoms with Crippen LogP contribution in [-0.4, -0.2) is 48.1 Å². The first-order chi connectivity index (χ1) is 11.5. The van der Waals surface area contributed by atoms with Gasteiger partial charge in [-0.2, -0.15) is 65.5 Å². The Hall–Kier alpha value is -1.04. The molecule has 0 aliphatic heterocycles. The van der Waals surface area contributed by atoms with Gasteiger partial charge in [0.05, 0.1) is 0 Å². The molecule has 18 heteroatoms. The van der Waals surface area contributed by atoms with Gasteiger partial charge >= 0.3 is 45.2 Å². The van der Waals surface area contributed by atoms with Gasteiger partial charge in [0.1, 0.15) is 0 Å². The molecule has 28 heavy (non-hydrogen) atoms. The minimum atomic E-state index is -7.73. The second-order valence-corrected chi connectivity index (χ2v) is 6.70. The number of rotatable bonds is 9. The second-order valence-electron chi connectivity index (χ2n) is 5.24. The van der Waals surface area contributed by atoms with E-state index in [1.165, 1.54) is 0 Å². The quantitative estimate of drug-likeness (QED) is 0.271. The molecule has 0 rings (SSSR count). The number of unbranched alkanes of at least 4 members (excludes halogenated alkanes) is 1. The lowest BCUT2D eigenvalue weighted by molar-refractivity contribution is -0.390. The second kappa shape index (κ2) is 8.00. The van der Waals surface area contributed by atoms with Crippen LogP contribution in [0.2, 0.25) is 0 Å². The topological polar surface area (TPSA) is 89.4 Å². The van der Waals surface area contributed by atoms with Gasteiger partial charge in [-0.05, 0) is 12.8 Å². The Morgan fingerprint density at radius 3 is 1.29 bits per heavy atom. The van der Waals surface area contributed by atoms with Crippen molar-refractivity contribution in [3.63, 3.8) is 0 Å². The molecular weight excluding hydrogens is 461 g/mol. The molecule has 0 radical (unpaired) electrons. The highest BCUT2D eigenvalue weighted by Gasteiger charge is 2.88. The molecule has 4 N–H and O–H groups in total. The Morgan fingerprint density at radius 2 is 0.964 bits per heavy atom. The summed E-state index contributed by atoms with van der Waals surface area (Å²) in [4.78, 5) is 0. The summed E-state index contributed by atoms with van der Waals surface area (Å²) in [6.45, 7) is 0. The van der Waals surface area contributed by atoms with Crippen molar-refractivity contribution in [1.82, 2.24) is 6.15 Å². The summed E-state index contributed by atoms with van der Waals surface area (Å²) in [7, 11) is -7.45. The maximum atomic E-state index is 13.2. The zero-order chi connectivity index (χ0) is 22.3. The summed E-state index contributed by atoms with van der Waals surface area (Å²) in [6, 6.07) is 0. The van der Waals surface area contributed by atoms with E-state index < -0.39 is 70.9 Å². The lowest BCUT2D eigenvalue weighted by Gasteiger charge is -2.38. The first-order valence-electron chi connectivity index (χ1n) is 6.38. The van der Waals surface area contributed by atoms with Crippen molar-refractivity contribution in [2.75, 3.05) is 0 Å². The van der Waals surface area contributed by atoms with Gasteiger partial charge in [-0.25, -0.2) is 0 Å². The molecule has 0 aliphatic carbocycles. The summed E-state index contributed by atoms with van der Waals surface area (Å²) in [5.74, 6) is -29.0. The van der Waals surface area contributed by atoms with Crippen LogP contribution in [0.25, 0.3) is 0 Å². The van der Waals surface area contributed by atoms with Gasteiger partial charge in [0.25, 0.3) is 0 Å². The maximum absolute atomic E-state index is 13.2. The minimum Gasteiger partial charge on any atom is -0.344 e. The molecule has 0 aromatic carbocycles.